The van der Waals surface area contributed by atoms with Crippen LogP contribution in [0.5, 0.6) is 0 Å². The number of aryl methyl sites for hydroxylation is 1. The van der Waals surface area contributed by atoms with Crippen molar-refractivity contribution in [3.05, 3.63) is 30.0 Å². The van der Waals surface area contributed by atoms with Crippen LogP contribution < -0.4 is 16.0 Å². The lowest BCUT2D eigenvalue weighted by molar-refractivity contribution is 0.0699. The smallest absolute Gasteiger partial charge is 0.225 e. The fraction of sp³-hybridized carbons (Fsp3) is 0.571. The maximum absolute atomic E-state index is 9.05. The molecular formula is C28H37N9O. The number of piperidine rings is 1. The number of aromatic amines is 1. The summed E-state index contributed by atoms with van der Waals surface area (Å²) < 4.78 is 5.51. The molecule has 5 heterocycles. The van der Waals surface area contributed by atoms with E-state index in [0.717, 1.165) is 85.9 Å². The first kappa shape index (κ1) is 24.9. The molecule has 200 valence electrons. The molecule has 0 saturated carbocycles. The zero-order valence-corrected chi connectivity index (χ0v) is 22.0. The van der Waals surface area contributed by atoms with Crippen molar-refractivity contribution in [2.45, 2.75) is 70.0 Å². The molecule has 6 rings (SSSR count). The fourth-order valence-electron chi connectivity index (χ4n) is 6.33. The third-order valence-corrected chi connectivity index (χ3v) is 8.28. The number of benzene rings is 1. The number of hydrogen-bond donors (Lipinski definition) is 4. The summed E-state index contributed by atoms with van der Waals surface area (Å²) in [6.45, 7) is 5.51. The predicted molar refractivity (Wildman–Crippen MR) is 149 cm³/mol. The van der Waals surface area contributed by atoms with Gasteiger partial charge in [-0.3, -0.25) is 10.00 Å². The zero-order valence-electron chi connectivity index (χ0n) is 22.0. The molecule has 10 nitrogen and oxygen atoms in total. The molecule has 10 heteroatoms. The number of H-pyrrole nitrogens is 1. The zero-order chi connectivity index (χ0) is 25.9. The van der Waals surface area contributed by atoms with Gasteiger partial charge in [-0.25, -0.2) is 4.98 Å². The Hall–Kier alpha value is -3.42. The minimum atomic E-state index is 0.318. The van der Waals surface area contributed by atoms with Crippen molar-refractivity contribution >= 4 is 34.2 Å². The summed E-state index contributed by atoms with van der Waals surface area (Å²) in [6.07, 6.45) is 7.33. The van der Waals surface area contributed by atoms with Gasteiger partial charge in [-0.1, -0.05) is 0 Å². The third kappa shape index (κ3) is 5.54. The molecule has 0 aliphatic carbocycles. The molecule has 3 atom stereocenters. The van der Waals surface area contributed by atoms with Crippen LogP contribution in [0, 0.1) is 24.2 Å². The van der Waals surface area contributed by atoms with Gasteiger partial charge in [0.15, 0.2) is 5.82 Å². The highest BCUT2D eigenvalue weighted by Gasteiger charge is 2.40. The molecule has 3 saturated heterocycles. The van der Waals surface area contributed by atoms with E-state index in [9.17, 15) is 0 Å². The van der Waals surface area contributed by atoms with Crippen molar-refractivity contribution in [3.63, 3.8) is 0 Å². The Morgan fingerprint density at radius 3 is 2.66 bits per heavy atom. The van der Waals surface area contributed by atoms with Gasteiger partial charge >= 0.3 is 0 Å². The van der Waals surface area contributed by atoms with Crippen molar-refractivity contribution < 1.29 is 4.74 Å². The summed E-state index contributed by atoms with van der Waals surface area (Å²) in [4.78, 5) is 12.4. The maximum Gasteiger partial charge on any atom is 0.225 e. The number of aromatic nitrogens is 4. The van der Waals surface area contributed by atoms with Gasteiger partial charge in [0, 0.05) is 73.7 Å². The second kappa shape index (κ2) is 11.1. The van der Waals surface area contributed by atoms with Crippen molar-refractivity contribution in [2.24, 2.45) is 5.92 Å². The van der Waals surface area contributed by atoms with Crippen LogP contribution >= 0.6 is 0 Å². The molecule has 1 aromatic carbocycles. The lowest BCUT2D eigenvalue weighted by Crippen LogP contribution is -2.47. The van der Waals surface area contributed by atoms with E-state index in [1.165, 1.54) is 12.8 Å². The first-order valence-corrected chi connectivity index (χ1v) is 14.0. The summed E-state index contributed by atoms with van der Waals surface area (Å²) in [6, 6.07) is 12.0. The predicted octanol–water partition coefficient (Wildman–Crippen LogP) is 4.56. The summed E-state index contributed by atoms with van der Waals surface area (Å²) in [5.41, 5.74) is 2.95. The van der Waals surface area contributed by atoms with E-state index in [0.29, 0.717) is 36.4 Å². The van der Waals surface area contributed by atoms with Crippen LogP contribution in [0.15, 0.2) is 24.3 Å². The van der Waals surface area contributed by atoms with Crippen molar-refractivity contribution in [3.8, 4) is 6.07 Å². The lowest BCUT2D eigenvalue weighted by Gasteiger charge is -2.38. The molecule has 38 heavy (non-hydrogen) atoms. The Morgan fingerprint density at radius 1 is 1.11 bits per heavy atom. The maximum atomic E-state index is 9.05. The highest BCUT2D eigenvalue weighted by molar-refractivity contribution is 5.93. The van der Waals surface area contributed by atoms with Gasteiger partial charge in [-0.2, -0.15) is 15.3 Å². The van der Waals surface area contributed by atoms with E-state index >= 15 is 0 Å². The van der Waals surface area contributed by atoms with E-state index in [1.807, 2.05) is 13.0 Å². The van der Waals surface area contributed by atoms with Gasteiger partial charge in [-0.15, -0.1) is 0 Å². The van der Waals surface area contributed by atoms with Crippen LogP contribution in [-0.2, 0) is 4.74 Å². The number of nitrogens with one attached hydrogen (secondary N) is 4. The average molecular weight is 516 g/mol. The highest BCUT2D eigenvalue weighted by atomic mass is 16.5. The number of nitrogens with zero attached hydrogens (tertiary/aromatic N) is 5. The highest BCUT2D eigenvalue weighted by Crippen LogP contribution is 2.37. The third-order valence-electron chi connectivity index (χ3n) is 8.28. The van der Waals surface area contributed by atoms with Gasteiger partial charge < -0.3 is 20.7 Å². The lowest BCUT2D eigenvalue weighted by atomic mass is 9.97. The van der Waals surface area contributed by atoms with Gasteiger partial charge in [0.05, 0.1) is 11.6 Å². The molecule has 2 bridgehead atoms. The van der Waals surface area contributed by atoms with E-state index in [-0.39, 0.29) is 0 Å². The molecule has 3 fully saturated rings. The summed E-state index contributed by atoms with van der Waals surface area (Å²) in [5.74, 6) is 2.76. The molecule has 0 spiro atoms. The molecule has 4 N–H and O–H groups in total. The summed E-state index contributed by atoms with van der Waals surface area (Å²) in [5, 5.41) is 28.0. The van der Waals surface area contributed by atoms with Gasteiger partial charge in [0.1, 0.15) is 5.82 Å². The van der Waals surface area contributed by atoms with Crippen LogP contribution in [0.25, 0.3) is 10.9 Å². The van der Waals surface area contributed by atoms with Crippen LogP contribution in [0.3, 0.4) is 0 Å². The summed E-state index contributed by atoms with van der Waals surface area (Å²) >= 11 is 0. The standard InChI is InChI=1S/C28H37N9O/c1-18-13-26(36-35-18)33-27-24-6-3-20(30-17-19-7-11-38-12-8-19)16-25(24)32-28(34-27)31-21-14-22-4-5-23(15-21)37(22)10-2-9-29/h3,6,13,16,19,21-23,30H,2,4-5,7-8,10-12,14-15,17H2,1H3,(H3,31,32,33,34,35,36)/t21-,22-,23+. The normalized spacial score (nSPS) is 23.8. The van der Waals surface area contributed by atoms with Crippen molar-refractivity contribution in [2.75, 3.05) is 42.3 Å². The summed E-state index contributed by atoms with van der Waals surface area (Å²) in [7, 11) is 0. The second-order valence-electron chi connectivity index (χ2n) is 11.0. The minimum absolute atomic E-state index is 0.318. The SMILES string of the molecule is Cc1cc(Nc2nc(N[C@@H]3C[C@H]4CC[C@@H](C3)N4CCC#N)nc3cc(NCC4CCOCC4)ccc23)n[nH]1. The largest absolute Gasteiger partial charge is 0.385 e. The van der Waals surface area contributed by atoms with Crippen LogP contribution in [0.2, 0.25) is 0 Å². The fourth-order valence-corrected chi connectivity index (χ4v) is 6.33. The minimum Gasteiger partial charge on any atom is -0.385 e. The van der Waals surface area contributed by atoms with Crippen LogP contribution in [-0.4, -0.2) is 69.5 Å². The van der Waals surface area contributed by atoms with Crippen molar-refractivity contribution in [1.82, 2.24) is 25.1 Å². The number of rotatable bonds is 9. The number of hydrogen-bond acceptors (Lipinski definition) is 9. The Balaban J connectivity index is 1.23. The first-order valence-electron chi connectivity index (χ1n) is 14.0. The monoisotopic (exact) mass is 515 g/mol. The Morgan fingerprint density at radius 2 is 1.92 bits per heavy atom. The van der Waals surface area contributed by atoms with Gasteiger partial charge in [0.2, 0.25) is 5.95 Å². The molecule has 2 aromatic heterocycles. The van der Waals surface area contributed by atoms with Crippen LogP contribution in [0.1, 0.15) is 50.6 Å². The van der Waals surface area contributed by atoms with E-state index in [2.05, 4.69) is 55.3 Å². The van der Waals surface area contributed by atoms with E-state index < -0.39 is 0 Å². The number of ether oxygens (including phenoxy) is 1. The van der Waals surface area contributed by atoms with Crippen LogP contribution in [0.4, 0.5) is 23.3 Å². The molecule has 0 unspecified atom stereocenters. The average Bonchev–Trinajstić information content (AvgIpc) is 3.44. The molecule has 3 aliphatic heterocycles. The Kier molecular flexibility index (Phi) is 7.29. The van der Waals surface area contributed by atoms with Gasteiger partial charge in [-0.05, 0) is 69.6 Å². The first-order chi connectivity index (χ1) is 18.6. The van der Waals surface area contributed by atoms with E-state index in [4.69, 9.17) is 20.0 Å². The number of anilines is 4. The van der Waals surface area contributed by atoms with Gasteiger partial charge in [0.25, 0.3) is 0 Å². The topological polar surface area (TPSA) is 127 Å². The molecule has 0 amide bonds. The molecule has 3 aromatic rings. The number of nitriles is 1. The molecule has 3 aliphatic rings. The quantitative estimate of drug-likeness (QED) is 0.324. The van der Waals surface area contributed by atoms with Crippen molar-refractivity contribution in [1.29, 1.82) is 5.26 Å². The Labute approximate surface area is 223 Å². The molecule has 0 radical (unpaired) electrons. The Bertz CT molecular complexity index is 1280. The molecular weight excluding hydrogens is 478 g/mol. The number of fused-ring (bicyclic) bond motifs is 3. The van der Waals surface area contributed by atoms with E-state index in [1.54, 1.807) is 0 Å². The second-order valence-corrected chi connectivity index (χ2v) is 11.0.